The lowest BCUT2D eigenvalue weighted by molar-refractivity contribution is 0.466. The topological polar surface area (TPSA) is 80.7 Å². The monoisotopic (exact) mass is 284 g/mol. The van der Waals surface area contributed by atoms with E-state index in [9.17, 15) is 0 Å². The zero-order valence-corrected chi connectivity index (χ0v) is 11.8. The summed E-state index contributed by atoms with van der Waals surface area (Å²) in [7, 11) is 3.95. The van der Waals surface area contributed by atoms with Gasteiger partial charge in [-0.2, -0.15) is 4.98 Å². The van der Waals surface area contributed by atoms with Gasteiger partial charge in [0, 0.05) is 38.2 Å². The summed E-state index contributed by atoms with van der Waals surface area (Å²) >= 11 is 0. The van der Waals surface area contributed by atoms with Crippen molar-refractivity contribution >= 4 is 17.2 Å². The largest absolute Gasteiger partial charge is 0.436 e. The molecule has 0 fully saturated rings. The van der Waals surface area contributed by atoms with Gasteiger partial charge >= 0.3 is 0 Å². The Bertz CT molecular complexity index is 767. The summed E-state index contributed by atoms with van der Waals surface area (Å²) in [5, 5.41) is 0. The maximum Gasteiger partial charge on any atom is 0.265 e. The Hall–Kier alpha value is -2.80. The molecule has 0 saturated heterocycles. The van der Waals surface area contributed by atoms with Crippen molar-refractivity contribution < 1.29 is 4.74 Å². The first-order chi connectivity index (χ1) is 10.2. The van der Waals surface area contributed by atoms with Crippen LogP contribution in [-0.4, -0.2) is 28.5 Å². The number of hydrazine groups is 1. The maximum atomic E-state index is 5.87. The molecule has 2 heterocycles. The van der Waals surface area contributed by atoms with Crippen LogP contribution in [0.25, 0.3) is 5.65 Å². The molecule has 0 atom stereocenters. The van der Waals surface area contributed by atoms with Crippen LogP contribution in [0, 0.1) is 0 Å². The zero-order valence-electron chi connectivity index (χ0n) is 11.8. The number of benzene rings is 1. The predicted molar refractivity (Wildman–Crippen MR) is 81.6 cm³/mol. The first-order valence-electron chi connectivity index (χ1n) is 6.43. The molecule has 0 bridgehead atoms. The third kappa shape index (κ3) is 2.59. The van der Waals surface area contributed by atoms with Crippen LogP contribution in [0.2, 0.25) is 0 Å². The molecule has 0 unspecified atom stereocenters. The van der Waals surface area contributed by atoms with E-state index in [0.717, 1.165) is 5.69 Å². The number of hydrogen-bond acceptors (Lipinski definition) is 6. The van der Waals surface area contributed by atoms with Gasteiger partial charge in [-0.25, -0.2) is 10.8 Å². The summed E-state index contributed by atoms with van der Waals surface area (Å²) in [5.74, 6) is 7.01. The first-order valence-corrected chi connectivity index (χ1v) is 6.43. The Balaban J connectivity index is 2.01. The van der Waals surface area contributed by atoms with Gasteiger partial charge in [0.1, 0.15) is 5.75 Å². The van der Waals surface area contributed by atoms with Crippen molar-refractivity contribution in [2.75, 3.05) is 24.4 Å². The summed E-state index contributed by atoms with van der Waals surface area (Å²) in [6.07, 6.45) is 5.23. The van der Waals surface area contributed by atoms with Crippen LogP contribution in [0.4, 0.5) is 11.5 Å². The predicted octanol–water partition coefficient (Wildman–Crippen LogP) is 1.87. The molecule has 1 aromatic carbocycles. The van der Waals surface area contributed by atoms with Crippen molar-refractivity contribution in [1.82, 2.24) is 14.4 Å². The van der Waals surface area contributed by atoms with Gasteiger partial charge < -0.3 is 15.1 Å². The molecule has 3 rings (SSSR count). The number of nitrogen functional groups attached to an aromatic ring is 1. The highest BCUT2D eigenvalue weighted by atomic mass is 16.5. The van der Waals surface area contributed by atoms with E-state index in [1.807, 2.05) is 43.3 Å². The molecule has 0 spiro atoms. The van der Waals surface area contributed by atoms with E-state index in [2.05, 4.69) is 15.4 Å². The van der Waals surface area contributed by atoms with Crippen LogP contribution < -0.4 is 20.9 Å². The molecule has 0 aliphatic rings. The van der Waals surface area contributed by atoms with Crippen molar-refractivity contribution in [3.05, 3.63) is 42.9 Å². The molecule has 0 amide bonds. The Morgan fingerprint density at radius 2 is 2.19 bits per heavy atom. The summed E-state index contributed by atoms with van der Waals surface area (Å²) in [6.45, 7) is 0. The van der Waals surface area contributed by atoms with Crippen molar-refractivity contribution in [2.45, 2.75) is 0 Å². The number of nitrogens with one attached hydrogen (secondary N) is 1. The van der Waals surface area contributed by atoms with Crippen molar-refractivity contribution in [2.24, 2.45) is 5.84 Å². The van der Waals surface area contributed by atoms with E-state index in [4.69, 9.17) is 10.6 Å². The van der Waals surface area contributed by atoms with Crippen LogP contribution in [-0.2, 0) is 0 Å². The number of rotatable bonds is 4. The fourth-order valence-electron chi connectivity index (χ4n) is 1.98. The summed E-state index contributed by atoms with van der Waals surface area (Å²) in [5.41, 5.74) is 4.19. The van der Waals surface area contributed by atoms with Gasteiger partial charge in [0.05, 0.1) is 6.20 Å². The molecule has 0 aliphatic carbocycles. The lowest BCUT2D eigenvalue weighted by Gasteiger charge is -2.14. The lowest BCUT2D eigenvalue weighted by Crippen LogP contribution is -2.10. The quantitative estimate of drug-likeness (QED) is 0.562. The highest BCUT2D eigenvalue weighted by Gasteiger charge is 2.10. The average molecular weight is 284 g/mol. The Morgan fingerprint density at radius 3 is 2.95 bits per heavy atom. The Labute approximate surface area is 122 Å². The third-order valence-electron chi connectivity index (χ3n) is 3.04. The molecule has 7 heteroatoms. The fraction of sp³-hybridized carbons (Fsp3) is 0.143. The molecule has 7 nitrogen and oxygen atoms in total. The molecule has 0 aliphatic heterocycles. The van der Waals surface area contributed by atoms with E-state index < -0.39 is 0 Å². The van der Waals surface area contributed by atoms with Crippen molar-refractivity contribution in [1.29, 1.82) is 0 Å². The Kier molecular flexibility index (Phi) is 3.33. The van der Waals surface area contributed by atoms with Gasteiger partial charge in [-0.15, -0.1) is 0 Å². The molecule has 3 N–H and O–H groups in total. The highest BCUT2D eigenvalue weighted by molar-refractivity contribution is 5.56. The van der Waals surface area contributed by atoms with Crippen LogP contribution in [0.3, 0.4) is 0 Å². The molecular formula is C14H16N6O. The maximum absolute atomic E-state index is 5.87. The second-order valence-corrected chi connectivity index (χ2v) is 4.73. The number of imidazole rings is 1. The molecule has 2 aromatic heterocycles. The van der Waals surface area contributed by atoms with Gasteiger partial charge in [-0.05, 0) is 12.1 Å². The molecule has 0 saturated carbocycles. The minimum atomic E-state index is 0.395. The number of aromatic nitrogens is 3. The second-order valence-electron chi connectivity index (χ2n) is 4.73. The molecule has 3 aromatic rings. The van der Waals surface area contributed by atoms with Crippen LogP contribution >= 0.6 is 0 Å². The minimum absolute atomic E-state index is 0.395. The number of ether oxygens (including phenoxy) is 1. The van der Waals surface area contributed by atoms with Gasteiger partial charge in [0.15, 0.2) is 5.82 Å². The fourth-order valence-corrected chi connectivity index (χ4v) is 1.98. The molecule has 0 radical (unpaired) electrons. The Morgan fingerprint density at radius 1 is 1.33 bits per heavy atom. The smallest absolute Gasteiger partial charge is 0.265 e. The van der Waals surface area contributed by atoms with Gasteiger partial charge in [0.2, 0.25) is 5.65 Å². The first kappa shape index (κ1) is 13.2. The van der Waals surface area contributed by atoms with E-state index in [-0.39, 0.29) is 0 Å². The van der Waals surface area contributed by atoms with Gasteiger partial charge in [-0.3, -0.25) is 4.40 Å². The normalized spacial score (nSPS) is 10.6. The van der Waals surface area contributed by atoms with Crippen LogP contribution in [0.1, 0.15) is 0 Å². The number of fused-ring (bicyclic) bond motifs is 1. The number of nitrogens with zero attached hydrogens (tertiary/aromatic N) is 4. The highest BCUT2D eigenvalue weighted by Crippen LogP contribution is 2.27. The standard InChI is InChI=1S/C14H16N6O/c1-19(2)10-4-3-5-11(8-10)21-14-13-16-6-7-20(13)9-12(17-14)18-15/h3-9,18H,15H2,1-2H3. The summed E-state index contributed by atoms with van der Waals surface area (Å²) < 4.78 is 7.67. The molecular weight excluding hydrogens is 268 g/mol. The zero-order chi connectivity index (χ0) is 14.8. The molecule has 21 heavy (non-hydrogen) atoms. The van der Waals surface area contributed by atoms with E-state index >= 15 is 0 Å². The van der Waals surface area contributed by atoms with E-state index in [1.165, 1.54) is 0 Å². The molecule has 108 valence electrons. The minimum Gasteiger partial charge on any atom is -0.436 e. The van der Waals surface area contributed by atoms with Crippen LogP contribution in [0.5, 0.6) is 11.6 Å². The third-order valence-corrected chi connectivity index (χ3v) is 3.04. The lowest BCUT2D eigenvalue weighted by atomic mass is 10.3. The number of anilines is 2. The van der Waals surface area contributed by atoms with Crippen molar-refractivity contribution in [3.8, 4) is 11.6 Å². The summed E-state index contributed by atoms with van der Waals surface area (Å²) in [4.78, 5) is 10.6. The number of nitrogens with two attached hydrogens (primary N) is 1. The summed E-state index contributed by atoms with van der Waals surface area (Å²) in [6, 6.07) is 7.74. The van der Waals surface area contributed by atoms with Gasteiger partial charge in [-0.1, -0.05) is 6.07 Å². The van der Waals surface area contributed by atoms with Gasteiger partial charge in [0.25, 0.3) is 5.88 Å². The van der Waals surface area contributed by atoms with E-state index in [0.29, 0.717) is 23.1 Å². The van der Waals surface area contributed by atoms with Crippen LogP contribution in [0.15, 0.2) is 42.9 Å². The second kappa shape index (κ2) is 5.29. The average Bonchev–Trinajstić information content (AvgIpc) is 2.96. The SMILES string of the molecule is CN(C)c1cccc(Oc2nc(NN)cn3ccnc23)c1. The number of hydrogen-bond donors (Lipinski definition) is 2. The van der Waals surface area contributed by atoms with Crippen molar-refractivity contribution in [3.63, 3.8) is 0 Å². The van der Waals surface area contributed by atoms with E-state index in [1.54, 1.807) is 23.0 Å².